The number of hydrogen-bond donors (Lipinski definition) is 4. The number of nitro groups is 1. The van der Waals surface area contributed by atoms with Crippen molar-refractivity contribution in [3.8, 4) is 0 Å². The Morgan fingerprint density at radius 2 is 2.25 bits per heavy atom. The van der Waals surface area contributed by atoms with E-state index in [4.69, 9.17) is 15.6 Å². The standard InChI is InChI=1S/C9H11N5O6/c10-7-4(14(18)19)8(12-2-11-7)13-9-6(17)5(16)3(1-15)20-9/h2-3,5,9,15-16H,1H2,(H3,10,11,12,13)/t3-,5-,9-/m1/s1. The van der Waals surface area contributed by atoms with Crippen LogP contribution in [0.3, 0.4) is 0 Å². The quantitative estimate of drug-likeness (QED) is 0.358. The van der Waals surface area contributed by atoms with Gasteiger partial charge >= 0.3 is 5.69 Å². The monoisotopic (exact) mass is 285 g/mol. The Balaban J connectivity index is 2.25. The van der Waals surface area contributed by atoms with Crippen molar-refractivity contribution >= 4 is 23.1 Å². The van der Waals surface area contributed by atoms with Gasteiger partial charge < -0.3 is 26.0 Å². The number of hydrogen-bond acceptors (Lipinski definition) is 10. The van der Waals surface area contributed by atoms with E-state index in [1.165, 1.54) is 0 Å². The first-order chi connectivity index (χ1) is 9.45. The van der Waals surface area contributed by atoms with Crippen molar-refractivity contribution in [3.63, 3.8) is 0 Å². The van der Waals surface area contributed by atoms with Crippen molar-refractivity contribution in [3.05, 3.63) is 16.4 Å². The number of anilines is 2. The lowest BCUT2D eigenvalue weighted by Gasteiger charge is -2.12. The number of rotatable bonds is 4. The van der Waals surface area contributed by atoms with E-state index in [1.807, 2.05) is 0 Å². The van der Waals surface area contributed by atoms with Crippen molar-refractivity contribution in [2.24, 2.45) is 0 Å². The zero-order valence-corrected chi connectivity index (χ0v) is 9.96. The normalized spacial score (nSPS) is 25.7. The third kappa shape index (κ3) is 2.36. The summed E-state index contributed by atoms with van der Waals surface area (Å²) >= 11 is 0. The smallest absolute Gasteiger partial charge is 0.353 e. The summed E-state index contributed by atoms with van der Waals surface area (Å²) in [6, 6.07) is 0. The number of aliphatic hydroxyl groups excluding tert-OH is 2. The van der Waals surface area contributed by atoms with E-state index in [2.05, 4.69) is 15.3 Å². The first-order valence-corrected chi connectivity index (χ1v) is 5.45. The second-order valence-electron chi connectivity index (χ2n) is 3.94. The third-order valence-corrected chi connectivity index (χ3v) is 2.69. The third-order valence-electron chi connectivity index (χ3n) is 2.69. The molecule has 11 nitrogen and oxygen atoms in total. The van der Waals surface area contributed by atoms with Gasteiger partial charge in [-0.25, -0.2) is 9.97 Å². The predicted molar refractivity (Wildman–Crippen MR) is 63.5 cm³/mol. The van der Waals surface area contributed by atoms with Crippen LogP contribution in [0.4, 0.5) is 17.3 Å². The minimum atomic E-state index is -1.52. The fraction of sp³-hybridized carbons (Fsp3) is 0.444. The maximum absolute atomic E-state index is 11.7. The van der Waals surface area contributed by atoms with E-state index in [9.17, 15) is 20.0 Å². The molecule has 1 fully saturated rings. The van der Waals surface area contributed by atoms with E-state index in [1.54, 1.807) is 0 Å². The van der Waals surface area contributed by atoms with Gasteiger partial charge in [0.05, 0.1) is 11.5 Å². The number of nitrogen functional groups attached to an aromatic ring is 1. The number of nitrogens with one attached hydrogen (secondary N) is 1. The van der Waals surface area contributed by atoms with Crippen LogP contribution in [0.2, 0.25) is 0 Å². The number of Topliss-reactive ketones (excluding diaryl/α,β-unsaturated/α-hetero) is 1. The van der Waals surface area contributed by atoms with Crippen molar-refractivity contribution in [2.75, 3.05) is 17.7 Å². The number of nitrogens with two attached hydrogens (primary N) is 1. The number of ketones is 1. The zero-order chi connectivity index (χ0) is 14.9. The summed E-state index contributed by atoms with van der Waals surface area (Å²) in [5.41, 5.74) is 4.76. The summed E-state index contributed by atoms with van der Waals surface area (Å²) in [5.74, 6) is -1.46. The zero-order valence-electron chi connectivity index (χ0n) is 9.96. The maximum atomic E-state index is 11.7. The predicted octanol–water partition coefficient (Wildman–Crippen LogP) is -1.97. The van der Waals surface area contributed by atoms with Crippen LogP contribution in [-0.4, -0.2) is 55.9 Å². The van der Waals surface area contributed by atoms with Crippen molar-refractivity contribution in [1.29, 1.82) is 0 Å². The summed E-state index contributed by atoms with van der Waals surface area (Å²) in [4.78, 5) is 28.8. The molecule has 1 aliphatic heterocycles. The van der Waals surface area contributed by atoms with E-state index in [-0.39, 0.29) is 11.6 Å². The maximum Gasteiger partial charge on any atom is 0.353 e. The lowest BCUT2D eigenvalue weighted by atomic mass is 10.1. The lowest BCUT2D eigenvalue weighted by molar-refractivity contribution is -0.383. The van der Waals surface area contributed by atoms with E-state index in [0.717, 1.165) is 6.33 Å². The molecule has 0 aromatic carbocycles. The van der Waals surface area contributed by atoms with E-state index in [0.29, 0.717) is 0 Å². The molecule has 1 aromatic rings. The molecule has 1 saturated heterocycles. The van der Waals surface area contributed by atoms with Gasteiger partial charge in [-0.05, 0) is 0 Å². The highest BCUT2D eigenvalue weighted by Crippen LogP contribution is 2.28. The number of aromatic nitrogens is 2. The molecule has 0 amide bonds. The number of carbonyl (C=O) groups is 1. The van der Waals surface area contributed by atoms with Gasteiger partial charge in [-0.2, -0.15) is 0 Å². The molecule has 20 heavy (non-hydrogen) atoms. The minimum absolute atomic E-state index is 0.313. The highest BCUT2D eigenvalue weighted by molar-refractivity contribution is 5.91. The molecule has 0 radical (unpaired) electrons. The fourth-order valence-electron chi connectivity index (χ4n) is 1.70. The van der Waals surface area contributed by atoms with Crippen LogP contribution in [0.15, 0.2) is 6.33 Å². The number of aliphatic hydroxyl groups is 2. The van der Waals surface area contributed by atoms with Crippen LogP contribution in [-0.2, 0) is 9.53 Å². The molecule has 1 aliphatic rings. The molecule has 1 aromatic heterocycles. The highest BCUT2D eigenvalue weighted by Gasteiger charge is 2.43. The summed E-state index contributed by atoms with van der Waals surface area (Å²) < 4.78 is 5.03. The van der Waals surface area contributed by atoms with Crippen LogP contribution in [0.1, 0.15) is 0 Å². The topological polar surface area (TPSA) is 174 Å². The van der Waals surface area contributed by atoms with Crippen molar-refractivity contribution < 1.29 is 24.7 Å². The van der Waals surface area contributed by atoms with Crippen LogP contribution >= 0.6 is 0 Å². The molecule has 2 heterocycles. The van der Waals surface area contributed by atoms with Gasteiger partial charge in [0.2, 0.25) is 17.4 Å². The molecule has 5 N–H and O–H groups in total. The average molecular weight is 285 g/mol. The SMILES string of the molecule is Nc1ncnc(N[C@@H]2O[C@H](CO)[C@@H](O)C2=O)c1[N+](=O)[O-]. The fourth-order valence-corrected chi connectivity index (χ4v) is 1.70. The van der Waals surface area contributed by atoms with Gasteiger partial charge in [-0.15, -0.1) is 0 Å². The molecule has 2 rings (SSSR count). The first-order valence-electron chi connectivity index (χ1n) is 5.45. The van der Waals surface area contributed by atoms with Gasteiger partial charge in [-0.3, -0.25) is 14.9 Å². The molecule has 0 bridgehead atoms. The number of nitrogens with zero attached hydrogens (tertiary/aromatic N) is 3. The van der Waals surface area contributed by atoms with Gasteiger partial charge in [0.15, 0.2) is 6.23 Å². The highest BCUT2D eigenvalue weighted by atomic mass is 16.6. The van der Waals surface area contributed by atoms with Gasteiger partial charge in [-0.1, -0.05) is 0 Å². The largest absolute Gasteiger partial charge is 0.394 e. The van der Waals surface area contributed by atoms with Crippen molar-refractivity contribution in [1.82, 2.24) is 9.97 Å². The van der Waals surface area contributed by atoms with Crippen LogP contribution in [0.25, 0.3) is 0 Å². The Morgan fingerprint density at radius 1 is 1.55 bits per heavy atom. The number of carbonyl (C=O) groups excluding carboxylic acids is 1. The Bertz CT molecular complexity index is 552. The Labute approximate surface area is 111 Å². The van der Waals surface area contributed by atoms with Crippen LogP contribution in [0, 0.1) is 10.1 Å². The number of ether oxygens (including phenoxy) is 1. The molecule has 0 unspecified atom stereocenters. The van der Waals surface area contributed by atoms with Gasteiger partial charge in [0.1, 0.15) is 18.5 Å². The molecule has 3 atom stereocenters. The molecular formula is C9H11N5O6. The van der Waals surface area contributed by atoms with Gasteiger partial charge in [0, 0.05) is 0 Å². The summed E-state index contributed by atoms with van der Waals surface area (Å²) in [7, 11) is 0. The van der Waals surface area contributed by atoms with Gasteiger partial charge in [0.25, 0.3) is 0 Å². The summed E-state index contributed by atoms with van der Waals surface area (Å²) in [5, 5.41) is 31.6. The second-order valence-corrected chi connectivity index (χ2v) is 3.94. The molecule has 0 saturated carbocycles. The Kier molecular flexibility index (Phi) is 3.74. The summed E-state index contributed by atoms with van der Waals surface area (Å²) in [6.45, 7) is -0.570. The van der Waals surface area contributed by atoms with E-state index < -0.39 is 41.4 Å². The van der Waals surface area contributed by atoms with Crippen LogP contribution < -0.4 is 11.1 Å². The lowest BCUT2D eigenvalue weighted by Crippen LogP contribution is -2.32. The molecule has 0 spiro atoms. The minimum Gasteiger partial charge on any atom is -0.394 e. The summed E-state index contributed by atoms with van der Waals surface area (Å²) in [6.07, 6.45) is -3.01. The Morgan fingerprint density at radius 3 is 2.80 bits per heavy atom. The molecule has 0 aliphatic carbocycles. The van der Waals surface area contributed by atoms with E-state index >= 15 is 0 Å². The molecule has 108 valence electrons. The Hall–Kier alpha value is -2.37. The second kappa shape index (κ2) is 5.32. The average Bonchev–Trinajstić information content (AvgIpc) is 2.66. The molecule has 11 heteroatoms. The van der Waals surface area contributed by atoms with Crippen molar-refractivity contribution in [2.45, 2.75) is 18.4 Å². The first kappa shape index (κ1) is 14.0. The molecular weight excluding hydrogens is 274 g/mol. The van der Waals surface area contributed by atoms with Crippen LogP contribution in [0.5, 0.6) is 0 Å².